The van der Waals surface area contributed by atoms with Gasteiger partial charge in [-0.25, -0.2) is 4.79 Å². The SMILES string of the molecule is O=C(O)C(=O)C=C(O)c1ccc(N2CCNCC2)cc1. The highest BCUT2D eigenvalue weighted by Gasteiger charge is 2.12. The number of carbonyl (C=O) groups excluding carboxylic acids is 1. The zero-order valence-electron chi connectivity index (χ0n) is 10.9. The molecule has 0 aromatic heterocycles. The van der Waals surface area contributed by atoms with Gasteiger partial charge in [-0.05, 0) is 24.3 Å². The van der Waals surface area contributed by atoms with Gasteiger partial charge in [-0.3, -0.25) is 4.79 Å². The number of aliphatic carboxylic acids is 1. The van der Waals surface area contributed by atoms with Crippen LogP contribution in [0.4, 0.5) is 5.69 Å². The molecule has 6 heteroatoms. The maximum atomic E-state index is 11.0. The van der Waals surface area contributed by atoms with Crippen LogP contribution in [0.1, 0.15) is 5.56 Å². The number of hydrogen-bond donors (Lipinski definition) is 3. The fraction of sp³-hybridized carbons (Fsp3) is 0.286. The second-order valence-electron chi connectivity index (χ2n) is 4.48. The van der Waals surface area contributed by atoms with Crippen LogP contribution in [0.25, 0.3) is 5.76 Å². The number of aliphatic hydroxyl groups is 1. The minimum atomic E-state index is -1.59. The van der Waals surface area contributed by atoms with Gasteiger partial charge in [-0.1, -0.05) is 0 Å². The molecule has 3 N–H and O–H groups in total. The fourth-order valence-corrected chi connectivity index (χ4v) is 2.04. The summed E-state index contributed by atoms with van der Waals surface area (Å²) in [6.07, 6.45) is 0.710. The highest BCUT2D eigenvalue weighted by molar-refractivity contribution is 6.38. The first-order valence-corrected chi connectivity index (χ1v) is 6.32. The number of carbonyl (C=O) groups is 2. The van der Waals surface area contributed by atoms with Crippen molar-refractivity contribution in [1.29, 1.82) is 0 Å². The molecule has 20 heavy (non-hydrogen) atoms. The van der Waals surface area contributed by atoms with Gasteiger partial charge in [0, 0.05) is 43.5 Å². The van der Waals surface area contributed by atoms with Crippen molar-refractivity contribution in [3.8, 4) is 0 Å². The third kappa shape index (κ3) is 3.36. The molecule has 0 unspecified atom stereocenters. The van der Waals surface area contributed by atoms with Gasteiger partial charge in [0.1, 0.15) is 5.76 Å². The van der Waals surface area contributed by atoms with Gasteiger partial charge < -0.3 is 20.4 Å². The number of ketones is 1. The van der Waals surface area contributed by atoms with Crippen molar-refractivity contribution in [1.82, 2.24) is 5.32 Å². The number of nitrogens with one attached hydrogen (secondary N) is 1. The van der Waals surface area contributed by atoms with E-state index in [1.807, 2.05) is 12.1 Å². The molecule has 0 bridgehead atoms. The Labute approximate surface area is 116 Å². The van der Waals surface area contributed by atoms with Gasteiger partial charge in [0.25, 0.3) is 5.78 Å². The van der Waals surface area contributed by atoms with Crippen LogP contribution < -0.4 is 10.2 Å². The van der Waals surface area contributed by atoms with Crippen molar-refractivity contribution < 1.29 is 19.8 Å². The zero-order chi connectivity index (χ0) is 14.5. The lowest BCUT2D eigenvalue weighted by Crippen LogP contribution is -2.43. The molecule has 106 valence electrons. The Morgan fingerprint density at radius 1 is 1.10 bits per heavy atom. The monoisotopic (exact) mass is 276 g/mol. The molecule has 0 atom stereocenters. The molecule has 0 amide bonds. The normalized spacial score (nSPS) is 16.0. The maximum absolute atomic E-state index is 11.0. The second-order valence-corrected chi connectivity index (χ2v) is 4.48. The lowest BCUT2D eigenvalue weighted by Gasteiger charge is -2.29. The smallest absolute Gasteiger partial charge is 0.376 e. The molecule has 1 aliphatic rings. The summed E-state index contributed by atoms with van der Waals surface area (Å²) in [5.41, 5.74) is 1.45. The van der Waals surface area contributed by atoms with Crippen LogP contribution in [0.3, 0.4) is 0 Å². The van der Waals surface area contributed by atoms with E-state index in [1.165, 1.54) is 0 Å². The Bertz CT molecular complexity index is 531. The molecule has 0 radical (unpaired) electrons. The first-order chi connectivity index (χ1) is 9.58. The van der Waals surface area contributed by atoms with E-state index in [4.69, 9.17) is 5.11 Å². The summed E-state index contributed by atoms with van der Waals surface area (Å²) in [4.78, 5) is 23.6. The summed E-state index contributed by atoms with van der Waals surface area (Å²) in [6.45, 7) is 3.69. The first-order valence-electron chi connectivity index (χ1n) is 6.32. The lowest BCUT2D eigenvalue weighted by atomic mass is 10.1. The second kappa shape index (κ2) is 6.21. The van der Waals surface area contributed by atoms with E-state index in [1.54, 1.807) is 12.1 Å². The van der Waals surface area contributed by atoms with E-state index in [0.29, 0.717) is 11.6 Å². The highest BCUT2D eigenvalue weighted by Crippen LogP contribution is 2.19. The Balaban J connectivity index is 2.11. The number of anilines is 1. The molecule has 1 fully saturated rings. The molecule has 1 saturated heterocycles. The molecule has 1 aromatic carbocycles. The van der Waals surface area contributed by atoms with E-state index in [9.17, 15) is 14.7 Å². The predicted octanol–water partition coefficient (Wildman–Crippen LogP) is 0.649. The largest absolute Gasteiger partial charge is 0.507 e. The van der Waals surface area contributed by atoms with Crippen molar-refractivity contribution in [2.24, 2.45) is 0 Å². The van der Waals surface area contributed by atoms with E-state index in [2.05, 4.69) is 10.2 Å². The third-order valence-electron chi connectivity index (χ3n) is 3.12. The summed E-state index contributed by atoms with van der Waals surface area (Å²) in [7, 11) is 0. The summed E-state index contributed by atoms with van der Waals surface area (Å²) >= 11 is 0. The summed E-state index contributed by atoms with van der Waals surface area (Å²) < 4.78 is 0. The van der Waals surface area contributed by atoms with Gasteiger partial charge in [0.2, 0.25) is 0 Å². The molecule has 1 aromatic rings. The Morgan fingerprint density at radius 2 is 1.70 bits per heavy atom. The summed E-state index contributed by atoms with van der Waals surface area (Å²) in [5.74, 6) is -3.08. The van der Waals surface area contributed by atoms with Crippen LogP contribution in [0, 0.1) is 0 Å². The first kappa shape index (κ1) is 14.1. The number of aliphatic hydroxyl groups excluding tert-OH is 1. The van der Waals surface area contributed by atoms with Crippen LogP contribution >= 0.6 is 0 Å². The van der Waals surface area contributed by atoms with Crippen LogP contribution in [0.5, 0.6) is 0 Å². The molecule has 6 nitrogen and oxygen atoms in total. The molecule has 1 aliphatic heterocycles. The number of piperazine rings is 1. The topological polar surface area (TPSA) is 89.9 Å². The molecule has 0 aliphatic carbocycles. The Kier molecular flexibility index (Phi) is 4.37. The Hall–Kier alpha value is -2.34. The highest BCUT2D eigenvalue weighted by atomic mass is 16.4. The number of rotatable bonds is 4. The zero-order valence-corrected chi connectivity index (χ0v) is 10.9. The average molecular weight is 276 g/mol. The van der Waals surface area contributed by atoms with Gasteiger partial charge in [0.15, 0.2) is 0 Å². The molecule has 2 rings (SSSR count). The van der Waals surface area contributed by atoms with E-state index in [-0.39, 0.29) is 5.76 Å². The molecular weight excluding hydrogens is 260 g/mol. The van der Waals surface area contributed by atoms with E-state index in [0.717, 1.165) is 31.9 Å². The van der Waals surface area contributed by atoms with Crippen molar-refractivity contribution in [3.05, 3.63) is 35.9 Å². The fourth-order valence-electron chi connectivity index (χ4n) is 2.04. The number of benzene rings is 1. The standard InChI is InChI=1S/C14H16N2O4/c17-12(9-13(18)14(19)20)10-1-3-11(4-2-10)16-7-5-15-6-8-16/h1-4,9,15,17H,5-8H2,(H,19,20). The molecule has 0 spiro atoms. The van der Waals surface area contributed by atoms with Crippen LogP contribution in [-0.4, -0.2) is 48.1 Å². The molecular formula is C14H16N2O4. The van der Waals surface area contributed by atoms with Gasteiger partial charge in [0.05, 0.1) is 0 Å². The number of carboxylic acid groups (broad SMARTS) is 1. The minimum absolute atomic E-state index is 0.343. The molecule has 0 saturated carbocycles. The molecule has 1 heterocycles. The average Bonchev–Trinajstić information content (AvgIpc) is 2.48. The predicted molar refractivity (Wildman–Crippen MR) is 74.8 cm³/mol. The number of carboxylic acids is 1. The van der Waals surface area contributed by atoms with Crippen molar-refractivity contribution in [2.45, 2.75) is 0 Å². The third-order valence-corrected chi connectivity index (χ3v) is 3.12. The summed E-state index contributed by atoms with van der Waals surface area (Å²) in [6, 6.07) is 7.02. The minimum Gasteiger partial charge on any atom is -0.507 e. The van der Waals surface area contributed by atoms with Crippen molar-refractivity contribution in [3.63, 3.8) is 0 Å². The lowest BCUT2D eigenvalue weighted by molar-refractivity contribution is -0.146. The van der Waals surface area contributed by atoms with Gasteiger partial charge >= 0.3 is 5.97 Å². The van der Waals surface area contributed by atoms with Gasteiger partial charge in [-0.2, -0.15) is 0 Å². The van der Waals surface area contributed by atoms with E-state index < -0.39 is 11.8 Å². The quantitative estimate of drug-likeness (QED) is 0.425. The van der Waals surface area contributed by atoms with Crippen molar-refractivity contribution in [2.75, 3.05) is 31.1 Å². The van der Waals surface area contributed by atoms with E-state index >= 15 is 0 Å². The Morgan fingerprint density at radius 3 is 2.25 bits per heavy atom. The van der Waals surface area contributed by atoms with Crippen LogP contribution in [0.15, 0.2) is 30.3 Å². The van der Waals surface area contributed by atoms with Crippen LogP contribution in [-0.2, 0) is 9.59 Å². The van der Waals surface area contributed by atoms with Gasteiger partial charge in [-0.15, -0.1) is 0 Å². The summed E-state index contributed by atoms with van der Waals surface area (Å²) in [5, 5.41) is 21.4. The van der Waals surface area contributed by atoms with Crippen LogP contribution in [0.2, 0.25) is 0 Å². The maximum Gasteiger partial charge on any atom is 0.376 e. The van der Waals surface area contributed by atoms with Crippen molar-refractivity contribution >= 4 is 23.2 Å². The number of hydrogen-bond acceptors (Lipinski definition) is 5. The number of nitrogens with zero attached hydrogens (tertiary/aromatic N) is 1.